The Morgan fingerprint density at radius 1 is 0.829 bits per heavy atom. The topological polar surface area (TPSA) is 77.1 Å². The van der Waals surface area contributed by atoms with Crippen molar-refractivity contribution >= 4 is 23.6 Å². The van der Waals surface area contributed by atoms with Gasteiger partial charge in [-0.1, -0.05) is 42.5 Å². The predicted octanol–water partition coefficient (Wildman–Crippen LogP) is 4.62. The number of anilines is 1. The zero-order valence-electron chi connectivity index (χ0n) is 20.0. The van der Waals surface area contributed by atoms with Crippen molar-refractivity contribution in [3.63, 3.8) is 0 Å². The molecule has 0 bridgehead atoms. The molecule has 0 atom stereocenters. The molecule has 3 aromatic rings. The van der Waals surface area contributed by atoms with Crippen LogP contribution in [0, 0.1) is 13.8 Å². The lowest BCUT2D eigenvalue weighted by atomic mass is 10.1. The molecule has 1 N–H and O–H groups in total. The van der Waals surface area contributed by atoms with E-state index in [1.54, 1.807) is 48.5 Å². The summed E-state index contributed by atoms with van der Waals surface area (Å²) in [5.41, 5.74) is 6.05. The molecular formula is C28H28N2O5. The third-order valence-electron chi connectivity index (χ3n) is 5.48. The van der Waals surface area contributed by atoms with E-state index in [0.29, 0.717) is 42.6 Å². The van der Waals surface area contributed by atoms with Crippen molar-refractivity contribution in [3.05, 3.63) is 89.0 Å². The maximum absolute atomic E-state index is 12.8. The summed E-state index contributed by atoms with van der Waals surface area (Å²) >= 11 is 0. The molecule has 7 heteroatoms. The van der Waals surface area contributed by atoms with Crippen molar-refractivity contribution < 1.29 is 23.8 Å². The number of hydrogen-bond donors (Lipinski definition) is 1. The molecule has 0 aliphatic carbocycles. The molecule has 1 heterocycles. The average molecular weight is 473 g/mol. The fourth-order valence-corrected chi connectivity index (χ4v) is 3.81. The molecule has 0 unspecified atom stereocenters. The largest absolute Gasteiger partial charge is 0.490 e. The molecule has 1 aliphatic rings. The zero-order valence-corrected chi connectivity index (χ0v) is 20.0. The van der Waals surface area contributed by atoms with Crippen LogP contribution in [-0.4, -0.2) is 31.6 Å². The molecule has 3 aromatic carbocycles. The van der Waals surface area contributed by atoms with Gasteiger partial charge in [0.2, 0.25) is 0 Å². The number of amides is 2. The molecule has 4 rings (SSSR count). The van der Waals surface area contributed by atoms with E-state index in [1.165, 1.54) is 5.01 Å². The monoisotopic (exact) mass is 472 g/mol. The molecule has 0 saturated carbocycles. The lowest BCUT2D eigenvalue weighted by Crippen LogP contribution is -2.35. The fraction of sp³-hybridized carbons (Fsp3) is 0.214. The standard InChI is InChI=1S/C28H28N2O5/c1-4-33-25-18-21(17-23-27(31)29-30(28(23)32)22-11-6-5-7-12-22)13-14-24(25)34-15-16-35-26-19(2)9-8-10-20(26)3/h5-14,17-18H,4,15-16H2,1-3H3,(H,29,31)/b23-17+. The van der Waals surface area contributed by atoms with Gasteiger partial charge in [-0.25, -0.2) is 5.01 Å². The first-order valence-electron chi connectivity index (χ1n) is 11.5. The Kier molecular flexibility index (Phi) is 7.35. The molecule has 1 saturated heterocycles. The highest BCUT2D eigenvalue weighted by atomic mass is 16.5. The van der Waals surface area contributed by atoms with E-state index in [0.717, 1.165) is 16.9 Å². The second-order valence-electron chi connectivity index (χ2n) is 8.03. The van der Waals surface area contributed by atoms with Gasteiger partial charge in [0, 0.05) is 0 Å². The predicted molar refractivity (Wildman–Crippen MR) is 135 cm³/mol. The molecule has 0 aromatic heterocycles. The van der Waals surface area contributed by atoms with Crippen molar-refractivity contribution in [1.82, 2.24) is 5.43 Å². The normalized spacial score (nSPS) is 14.3. The SMILES string of the molecule is CCOc1cc(/C=C2\C(=O)NN(c3ccccc3)C2=O)ccc1OCCOc1c(C)cccc1C. The number of hydrazine groups is 1. The average Bonchev–Trinajstić information content (AvgIpc) is 3.13. The van der Waals surface area contributed by atoms with Crippen LogP contribution in [0.15, 0.2) is 72.3 Å². The van der Waals surface area contributed by atoms with Crippen LogP contribution < -0.4 is 24.6 Å². The van der Waals surface area contributed by atoms with Gasteiger partial charge in [-0.3, -0.25) is 15.0 Å². The molecule has 180 valence electrons. The van der Waals surface area contributed by atoms with Crippen LogP contribution in [0.4, 0.5) is 5.69 Å². The number of rotatable bonds is 9. The summed E-state index contributed by atoms with van der Waals surface area (Å²) in [5.74, 6) is 1.09. The summed E-state index contributed by atoms with van der Waals surface area (Å²) in [4.78, 5) is 25.3. The van der Waals surface area contributed by atoms with E-state index in [1.807, 2.05) is 45.0 Å². The van der Waals surface area contributed by atoms with Gasteiger partial charge in [0.15, 0.2) is 11.5 Å². The van der Waals surface area contributed by atoms with E-state index in [2.05, 4.69) is 5.43 Å². The first-order chi connectivity index (χ1) is 17.0. The number of aryl methyl sites for hydroxylation is 2. The Balaban J connectivity index is 1.45. The first-order valence-corrected chi connectivity index (χ1v) is 11.5. The Hall–Kier alpha value is -4.26. The maximum atomic E-state index is 12.8. The van der Waals surface area contributed by atoms with Gasteiger partial charge >= 0.3 is 0 Å². The second-order valence-corrected chi connectivity index (χ2v) is 8.03. The molecule has 0 spiro atoms. The minimum atomic E-state index is -0.458. The second kappa shape index (κ2) is 10.8. The smallest absolute Gasteiger partial charge is 0.282 e. The molecule has 35 heavy (non-hydrogen) atoms. The molecule has 7 nitrogen and oxygen atoms in total. The molecular weight excluding hydrogens is 444 g/mol. The van der Waals surface area contributed by atoms with E-state index in [9.17, 15) is 9.59 Å². The minimum absolute atomic E-state index is 0.0481. The summed E-state index contributed by atoms with van der Waals surface area (Å²) in [7, 11) is 0. The number of ether oxygens (including phenoxy) is 3. The van der Waals surface area contributed by atoms with Crippen molar-refractivity contribution in [2.75, 3.05) is 24.8 Å². The van der Waals surface area contributed by atoms with E-state index in [4.69, 9.17) is 14.2 Å². The van der Waals surface area contributed by atoms with Gasteiger partial charge in [-0.15, -0.1) is 0 Å². The van der Waals surface area contributed by atoms with Gasteiger partial charge < -0.3 is 14.2 Å². The first kappa shape index (κ1) is 23.9. The van der Waals surface area contributed by atoms with Crippen molar-refractivity contribution in [2.45, 2.75) is 20.8 Å². The van der Waals surface area contributed by atoms with Crippen LogP contribution in [0.5, 0.6) is 17.2 Å². The van der Waals surface area contributed by atoms with Gasteiger partial charge in [-0.2, -0.15) is 0 Å². The lowest BCUT2D eigenvalue weighted by Gasteiger charge is -2.15. The molecule has 0 radical (unpaired) electrons. The number of benzene rings is 3. The summed E-state index contributed by atoms with van der Waals surface area (Å²) in [6.45, 7) is 7.06. The molecule has 1 fully saturated rings. The number of nitrogens with zero attached hydrogens (tertiary/aromatic N) is 1. The zero-order chi connectivity index (χ0) is 24.8. The quantitative estimate of drug-likeness (QED) is 0.279. The van der Waals surface area contributed by atoms with Crippen molar-refractivity contribution in [2.24, 2.45) is 0 Å². The van der Waals surface area contributed by atoms with E-state index in [-0.39, 0.29) is 5.57 Å². The van der Waals surface area contributed by atoms with Crippen LogP contribution in [0.2, 0.25) is 0 Å². The van der Waals surface area contributed by atoms with Crippen LogP contribution in [0.25, 0.3) is 6.08 Å². The Labute approximate surface area is 204 Å². The van der Waals surface area contributed by atoms with Crippen LogP contribution in [0.1, 0.15) is 23.6 Å². The fourth-order valence-electron chi connectivity index (χ4n) is 3.81. The van der Waals surface area contributed by atoms with Gasteiger partial charge in [-0.05, 0) is 67.8 Å². The number of carbonyl (C=O) groups excluding carboxylic acids is 2. The summed E-state index contributed by atoms with van der Waals surface area (Å²) in [6.07, 6.45) is 1.55. The summed E-state index contributed by atoms with van der Waals surface area (Å²) < 4.78 is 17.6. The maximum Gasteiger partial charge on any atom is 0.282 e. The van der Waals surface area contributed by atoms with Crippen LogP contribution in [0.3, 0.4) is 0 Å². The van der Waals surface area contributed by atoms with Gasteiger partial charge in [0.1, 0.15) is 24.5 Å². The third kappa shape index (κ3) is 5.46. The summed E-state index contributed by atoms with van der Waals surface area (Å²) in [5, 5.41) is 1.24. The Bertz CT molecular complexity index is 1230. The van der Waals surface area contributed by atoms with E-state index < -0.39 is 11.8 Å². The number of para-hydroxylation sites is 2. The Morgan fingerprint density at radius 2 is 1.54 bits per heavy atom. The number of nitrogens with one attached hydrogen (secondary N) is 1. The molecule has 1 aliphatic heterocycles. The minimum Gasteiger partial charge on any atom is -0.490 e. The summed E-state index contributed by atoms with van der Waals surface area (Å²) in [6, 6.07) is 20.3. The number of carbonyl (C=O) groups is 2. The highest BCUT2D eigenvalue weighted by Crippen LogP contribution is 2.30. The van der Waals surface area contributed by atoms with Crippen LogP contribution >= 0.6 is 0 Å². The lowest BCUT2D eigenvalue weighted by molar-refractivity contribution is -0.117. The number of hydrogen-bond acceptors (Lipinski definition) is 5. The van der Waals surface area contributed by atoms with Gasteiger partial charge in [0.25, 0.3) is 11.8 Å². The van der Waals surface area contributed by atoms with Crippen LogP contribution in [-0.2, 0) is 9.59 Å². The van der Waals surface area contributed by atoms with Gasteiger partial charge in [0.05, 0.1) is 12.3 Å². The third-order valence-corrected chi connectivity index (χ3v) is 5.48. The highest BCUT2D eigenvalue weighted by Gasteiger charge is 2.34. The highest BCUT2D eigenvalue weighted by molar-refractivity contribution is 6.31. The molecule has 2 amide bonds. The van der Waals surface area contributed by atoms with Crippen molar-refractivity contribution in [1.29, 1.82) is 0 Å². The van der Waals surface area contributed by atoms with E-state index >= 15 is 0 Å². The van der Waals surface area contributed by atoms with Crippen molar-refractivity contribution in [3.8, 4) is 17.2 Å². The Morgan fingerprint density at radius 3 is 2.26 bits per heavy atom.